The van der Waals surface area contributed by atoms with Gasteiger partial charge in [-0.2, -0.15) is 5.10 Å². The van der Waals surface area contributed by atoms with Crippen molar-refractivity contribution in [2.75, 3.05) is 18.4 Å². The zero-order chi connectivity index (χ0) is 24.8. The first-order chi connectivity index (χ1) is 16.9. The van der Waals surface area contributed by atoms with Gasteiger partial charge < -0.3 is 16.0 Å². The molecule has 0 radical (unpaired) electrons. The van der Waals surface area contributed by atoms with Crippen LogP contribution in [0, 0.1) is 0 Å². The summed E-state index contributed by atoms with van der Waals surface area (Å²) in [4.78, 5) is 13.3. The van der Waals surface area contributed by atoms with E-state index in [2.05, 4.69) is 73.9 Å². The number of halogens is 3. The normalized spacial score (nSPS) is 17.2. The molecule has 1 atom stereocenters. The van der Waals surface area contributed by atoms with E-state index in [1.54, 1.807) is 0 Å². The molecule has 10 heteroatoms. The van der Waals surface area contributed by atoms with Crippen LogP contribution in [-0.2, 0) is 4.79 Å². The van der Waals surface area contributed by atoms with Crippen LogP contribution in [0.5, 0.6) is 0 Å². The van der Waals surface area contributed by atoms with Crippen LogP contribution >= 0.6 is 60.0 Å². The van der Waals surface area contributed by atoms with Gasteiger partial charge in [-0.1, -0.05) is 52.3 Å². The molecule has 35 heavy (non-hydrogen) atoms. The first-order valence-corrected chi connectivity index (χ1v) is 14.0. The zero-order valence-corrected chi connectivity index (χ0v) is 24.3. The highest BCUT2D eigenvalue weighted by Gasteiger charge is 2.23. The number of hydrazone groups is 1. The van der Waals surface area contributed by atoms with Crippen LogP contribution in [-0.4, -0.2) is 34.8 Å². The molecule has 2 aromatic carbocycles. The number of amides is 1. The minimum atomic E-state index is -0.682. The summed E-state index contributed by atoms with van der Waals surface area (Å²) in [6.45, 7) is 2.02. The number of benzene rings is 2. The van der Waals surface area contributed by atoms with E-state index in [1.165, 1.54) is 12.8 Å². The number of allylic oxidation sites excluding steroid dienone is 3. The molecule has 0 saturated carbocycles. The van der Waals surface area contributed by atoms with Crippen LogP contribution in [0.15, 0.2) is 84.9 Å². The second-order valence-corrected chi connectivity index (χ2v) is 11.2. The average molecular weight is 682 g/mol. The predicted molar refractivity (Wildman–Crippen MR) is 156 cm³/mol. The van der Waals surface area contributed by atoms with E-state index in [4.69, 9.17) is 12.2 Å². The van der Waals surface area contributed by atoms with E-state index in [9.17, 15) is 4.79 Å². The largest absolute Gasteiger partial charge is 0.347 e. The highest BCUT2D eigenvalue weighted by Crippen LogP contribution is 2.34. The van der Waals surface area contributed by atoms with Crippen molar-refractivity contribution >= 4 is 82.4 Å². The summed E-state index contributed by atoms with van der Waals surface area (Å²) in [5, 5.41) is 16.5. The van der Waals surface area contributed by atoms with Gasteiger partial charge in [0.25, 0.3) is 5.91 Å². The van der Waals surface area contributed by atoms with Crippen LogP contribution in [0.3, 0.4) is 0 Å². The Hall–Kier alpha value is -2.01. The van der Waals surface area contributed by atoms with Crippen molar-refractivity contribution in [2.24, 2.45) is 5.10 Å². The predicted octanol–water partition coefficient (Wildman–Crippen LogP) is 6.41. The molecule has 0 bridgehead atoms. The molecule has 1 aliphatic carbocycles. The van der Waals surface area contributed by atoms with Gasteiger partial charge in [0.15, 0.2) is 5.11 Å². The second-order valence-electron chi connectivity index (χ2n) is 8.12. The lowest BCUT2D eigenvalue weighted by atomic mass is 10.1. The van der Waals surface area contributed by atoms with Crippen LogP contribution in [0.4, 0.5) is 5.69 Å². The number of rotatable bonds is 6. The molecular formula is C25H24Br3N5OS. The number of thiocarbonyl (C=S) groups is 1. The quantitative estimate of drug-likeness (QED) is 0.308. The average Bonchev–Trinajstić information content (AvgIpc) is 3.35. The molecule has 2 aliphatic rings. The number of hydrogen-bond donors (Lipinski definition) is 3. The lowest BCUT2D eigenvalue weighted by Gasteiger charge is -2.22. The van der Waals surface area contributed by atoms with Gasteiger partial charge in [-0.05, 0) is 86.8 Å². The van der Waals surface area contributed by atoms with Crippen molar-refractivity contribution in [3.8, 4) is 0 Å². The zero-order valence-electron chi connectivity index (χ0n) is 18.7. The van der Waals surface area contributed by atoms with Crippen LogP contribution < -0.4 is 16.0 Å². The molecule has 2 aromatic rings. The highest BCUT2D eigenvalue weighted by molar-refractivity contribution is 9.11. The number of anilines is 1. The molecule has 0 aromatic heterocycles. The number of carbonyl (C=O) groups is 1. The third-order valence-corrected chi connectivity index (χ3v) is 7.45. The maximum Gasteiger partial charge on any atom is 0.251 e. The number of nitrogens with zero attached hydrogens (tertiary/aromatic N) is 2. The van der Waals surface area contributed by atoms with Gasteiger partial charge in [0.2, 0.25) is 0 Å². The van der Waals surface area contributed by atoms with Crippen molar-refractivity contribution < 1.29 is 4.79 Å². The summed E-state index contributed by atoms with van der Waals surface area (Å²) < 4.78 is 2.57. The summed E-state index contributed by atoms with van der Waals surface area (Å²) >= 11 is 16.1. The summed E-state index contributed by atoms with van der Waals surface area (Å²) in [5.74, 6) is -0.204. The van der Waals surface area contributed by atoms with Crippen LogP contribution in [0.2, 0.25) is 0 Å². The van der Waals surface area contributed by atoms with Crippen LogP contribution in [0.25, 0.3) is 0 Å². The van der Waals surface area contributed by atoms with E-state index in [0.29, 0.717) is 11.5 Å². The molecule has 1 amide bonds. The van der Waals surface area contributed by atoms with Crippen molar-refractivity contribution in [1.29, 1.82) is 0 Å². The summed E-state index contributed by atoms with van der Waals surface area (Å²) in [6, 6.07) is 12.7. The Kier molecular flexibility index (Phi) is 9.16. The van der Waals surface area contributed by atoms with E-state index in [1.807, 2.05) is 60.7 Å². The standard InChI is InChI=1S/C25H24Br3N5OS/c26-17-14-20(27)23(21(28)15-17)31-25(35)30-22(16-6-2-1-3-7-16)24(34)29-18-8-10-19(11-9-18)32-33-12-4-5-13-33/h1-3,6-10,14-15,22H,4-5,11-13H2,(H,29,34)(H2,30,31,35)/t22-/m0/s1. The van der Waals surface area contributed by atoms with Gasteiger partial charge in [-0.25, -0.2) is 0 Å². The molecule has 0 unspecified atom stereocenters. The third-order valence-electron chi connectivity index (χ3n) is 5.52. The second kappa shape index (κ2) is 12.3. The fourth-order valence-electron chi connectivity index (χ4n) is 3.79. The maximum absolute atomic E-state index is 13.3. The van der Waals surface area contributed by atoms with Gasteiger partial charge in [0.05, 0.1) is 11.4 Å². The van der Waals surface area contributed by atoms with Crippen molar-refractivity contribution in [3.63, 3.8) is 0 Å². The first-order valence-electron chi connectivity index (χ1n) is 11.2. The first kappa shape index (κ1) is 26.1. The van der Waals surface area contributed by atoms with Crippen molar-refractivity contribution in [1.82, 2.24) is 15.6 Å². The lowest BCUT2D eigenvalue weighted by molar-refractivity contribution is -0.122. The SMILES string of the molecule is O=C(NC1=CCC(=NN2CCCC2)C=C1)[C@@H](NC(=S)Nc1c(Br)cc(Br)cc1Br)c1ccccc1. The van der Waals surface area contributed by atoms with Gasteiger partial charge in [0, 0.05) is 38.6 Å². The molecule has 1 fully saturated rings. The summed E-state index contributed by atoms with van der Waals surface area (Å²) in [7, 11) is 0. The summed E-state index contributed by atoms with van der Waals surface area (Å²) in [6.07, 6.45) is 8.91. The minimum absolute atomic E-state index is 0.204. The fraction of sp³-hybridized carbons (Fsp3) is 0.240. The molecule has 182 valence electrons. The van der Waals surface area contributed by atoms with E-state index < -0.39 is 6.04 Å². The van der Waals surface area contributed by atoms with E-state index >= 15 is 0 Å². The summed E-state index contributed by atoms with van der Waals surface area (Å²) in [5.41, 5.74) is 3.31. The molecule has 6 nitrogen and oxygen atoms in total. The molecular weight excluding hydrogens is 658 g/mol. The van der Waals surface area contributed by atoms with Crippen LogP contribution in [0.1, 0.15) is 30.9 Å². The van der Waals surface area contributed by atoms with Gasteiger partial charge >= 0.3 is 0 Å². The maximum atomic E-state index is 13.3. The van der Waals surface area contributed by atoms with Crippen molar-refractivity contribution in [2.45, 2.75) is 25.3 Å². The van der Waals surface area contributed by atoms with Gasteiger partial charge in [-0.15, -0.1) is 0 Å². The van der Waals surface area contributed by atoms with E-state index in [0.717, 1.165) is 49.2 Å². The number of carbonyl (C=O) groups excluding carboxylic acids is 1. The van der Waals surface area contributed by atoms with Gasteiger partial charge in [0.1, 0.15) is 6.04 Å². The molecule has 3 N–H and O–H groups in total. The fourth-order valence-corrected chi connectivity index (χ4v) is 6.46. The Morgan fingerprint density at radius 2 is 1.69 bits per heavy atom. The van der Waals surface area contributed by atoms with Gasteiger partial charge in [-0.3, -0.25) is 9.80 Å². The Bertz CT molecular complexity index is 1170. The molecule has 1 aliphatic heterocycles. The highest BCUT2D eigenvalue weighted by atomic mass is 79.9. The van der Waals surface area contributed by atoms with Crippen molar-refractivity contribution in [3.05, 3.63) is 85.4 Å². The number of nitrogens with one attached hydrogen (secondary N) is 3. The molecule has 1 heterocycles. The molecule has 4 rings (SSSR count). The minimum Gasteiger partial charge on any atom is -0.347 e. The monoisotopic (exact) mass is 679 g/mol. The molecule has 0 spiro atoms. The van der Waals surface area contributed by atoms with E-state index in [-0.39, 0.29) is 5.91 Å². The Labute approximate surface area is 235 Å². The Morgan fingerprint density at radius 1 is 1.00 bits per heavy atom. The Morgan fingerprint density at radius 3 is 2.31 bits per heavy atom. The number of hydrogen-bond acceptors (Lipinski definition) is 4. The third kappa shape index (κ3) is 7.25. The topological polar surface area (TPSA) is 68.8 Å². The Balaban J connectivity index is 1.44. The molecule has 1 saturated heterocycles. The lowest BCUT2D eigenvalue weighted by Crippen LogP contribution is -2.41. The smallest absolute Gasteiger partial charge is 0.251 e.